The van der Waals surface area contributed by atoms with Gasteiger partial charge in [0.05, 0.1) is 6.04 Å². The summed E-state index contributed by atoms with van der Waals surface area (Å²) in [4.78, 5) is 42.3. The molecule has 2 rings (SSSR count). The van der Waals surface area contributed by atoms with Crippen LogP contribution in [0.4, 0.5) is 0 Å². The molecule has 30 heavy (non-hydrogen) atoms. The van der Waals surface area contributed by atoms with Gasteiger partial charge in [-0.1, -0.05) is 30.3 Å². The van der Waals surface area contributed by atoms with Gasteiger partial charge in [0, 0.05) is 13.1 Å². The molecule has 0 bridgehead atoms. The van der Waals surface area contributed by atoms with E-state index < -0.39 is 30.0 Å². The van der Waals surface area contributed by atoms with E-state index in [2.05, 4.69) is 10.3 Å². The third-order valence-corrected chi connectivity index (χ3v) is 5.01. The summed E-state index contributed by atoms with van der Waals surface area (Å²) in [6.45, 7) is 0.687. The van der Waals surface area contributed by atoms with Gasteiger partial charge in [0.2, 0.25) is 11.8 Å². The minimum atomic E-state index is -1.15. The summed E-state index contributed by atoms with van der Waals surface area (Å²) < 4.78 is 0. The molecule has 1 saturated heterocycles. The van der Waals surface area contributed by atoms with Gasteiger partial charge in [0.25, 0.3) is 0 Å². The van der Waals surface area contributed by atoms with Crippen molar-refractivity contribution >= 4 is 23.7 Å². The first kappa shape index (κ1) is 23.1. The Morgan fingerprint density at radius 1 is 1.23 bits per heavy atom. The number of hydrogen-bond acceptors (Lipinski definition) is 5. The van der Waals surface area contributed by atoms with Gasteiger partial charge in [-0.2, -0.15) is 0 Å². The van der Waals surface area contributed by atoms with Gasteiger partial charge in [0.1, 0.15) is 12.1 Å². The van der Waals surface area contributed by atoms with Crippen LogP contribution in [0.1, 0.15) is 31.2 Å². The SMILES string of the molecule is NC(N)=NCCC[C@@H](NC(=O)[C@@H]1CCCN1C(=O)C(N)Cc1ccccc1)C(=O)O. The highest BCUT2D eigenvalue weighted by atomic mass is 16.4. The van der Waals surface area contributed by atoms with Gasteiger partial charge in [-0.3, -0.25) is 14.6 Å². The van der Waals surface area contributed by atoms with Crippen LogP contribution in [0.5, 0.6) is 0 Å². The third kappa shape index (κ3) is 6.73. The number of carboxylic acid groups (broad SMARTS) is 1. The lowest BCUT2D eigenvalue weighted by molar-refractivity contribution is -0.144. The summed E-state index contributed by atoms with van der Waals surface area (Å²) in [5.41, 5.74) is 17.5. The second kappa shape index (κ2) is 11.1. The van der Waals surface area contributed by atoms with Crippen LogP contribution in [0.3, 0.4) is 0 Å². The zero-order chi connectivity index (χ0) is 22.1. The van der Waals surface area contributed by atoms with Gasteiger partial charge in [-0.15, -0.1) is 0 Å². The van der Waals surface area contributed by atoms with Crippen LogP contribution in [0.15, 0.2) is 35.3 Å². The fourth-order valence-electron chi connectivity index (χ4n) is 3.50. The molecule has 1 unspecified atom stereocenters. The summed E-state index contributed by atoms with van der Waals surface area (Å²) >= 11 is 0. The van der Waals surface area contributed by atoms with Crippen molar-refractivity contribution in [3.8, 4) is 0 Å². The Hall–Kier alpha value is -3.14. The van der Waals surface area contributed by atoms with Crippen molar-refractivity contribution < 1.29 is 19.5 Å². The molecule has 2 amide bonds. The van der Waals surface area contributed by atoms with Gasteiger partial charge in [-0.05, 0) is 37.7 Å². The maximum Gasteiger partial charge on any atom is 0.326 e. The number of nitrogens with zero attached hydrogens (tertiary/aromatic N) is 2. The van der Waals surface area contributed by atoms with Crippen molar-refractivity contribution in [2.24, 2.45) is 22.2 Å². The number of carbonyl (C=O) groups is 3. The summed E-state index contributed by atoms with van der Waals surface area (Å²) in [7, 11) is 0. The number of benzene rings is 1. The Kier molecular flexibility index (Phi) is 8.60. The molecule has 1 aliphatic heterocycles. The first-order valence-corrected chi connectivity index (χ1v) is 9.98. The minimum Gasteiger partial charge on any atom is -0.480 e. The van der Waals surface area contributed by atoms with E-state index in [4.69, 9.17) is 17.2 Å². The van der Waals surface area contributed by atoms with Crippen LogP contribution >= 0.6 is 0 Å². The maximum absolute atomic E-state index is 12.8. The number of nitrogens with two attached hydrogens (primary N) is 3. The normalized spacial score (nSPS) is 17.8. The van der Waals surface area contributed by atoms with Crippen molar-refractivity contribution in [3.05, 3.63) is 35.9 Å². The van der Waals surface area contributed by atoms with E-state index in [-0.39, 0.29) is 24.8 Å². The first-order chi connectivity index (χ1) is 14.3. The van der Waals surface area contributed by atoms with E-state index in [1.165, 1.54) is 4.90 Å². The number of nitrogens with one attached hydrogen (secondary N) is 1. The van der Waals surface area contributed by atoms with Crippen molar-refractivity contribution in [3.63, 3.8) is 0 Å². The molecule has 8 N–H and O–H groups in total. The Morgan fingerprint density at radius 2 is 1.93 bits per heavy atom. The molecule has 1 aliphatic rings. The molecular weight excluding hydrogens is 388 g/mol. The molecule has 1 aromatic rings. The largest absolute Gasteiger partial charge is 0.480 e. The van der Waals surface area contributed by atoms with Crippen LogP contribution in [0.25, 0.3) is 0 Å². The van der Waals surface area contributed by atoms with Crippen molar-refractivity contribution in [1.82, 2.24) is 10.2 Å². The molecule has 0 saturated carbocycles. The second-order valence-electron chi connectivity index (χ2n) is 7.33. The number of carbonyl (C=O) groups excluding carboxylic acids is 2. The van der Waals surface area contributed by atoms with Crippen LogP contribution in [0.2, 0.25) is 0 Å². The molecule has 0 aliphatic carbocycles. The molecule has 0 radical (unpaired) electrons. The van der Waals surface area contributed by atoms with Crippen LogP contribution in [0, 0.1) is 0 Å². The summed E-state index contributed by atoms with van der Waals surface area (Å²) in [5, 5.41) is 11.9. The molecule has 1 fully saturated rings. The number of hydrogen-bond donors (Lipinski definition) is 5. The number of aliphatic imine (C=N–C) groups is 1. The van der Waals surface area contributed by atoms with Crippen LogP contribution in [-0.4, -0.2) is 65.0 Å². The van der Waals surface area contributed by atoms with E-state index in [9.17, 15) is 19.5 Å². The van der Waals surface area contributed by atoms with Crippen molar-refractivity contribution in [1.29, 1.82) is 0 Å². The average molecular weight is 418 g/mol. The topological polar surface area (TPSA) is 177 Å². The smallest absolute Gasteiger partial charge is 0.326 e. The van der Waals surface area contributed by atoms with E-state index in [0.717, 1.165) is 5.56 Å². The fourth-order valence-corrected chi connectivity index (χ4v) is 3.50. The third-order valence-electron chi connectivity index (χ3n) is 5.01. The molecular formula is C20H30N6O4. The Morgan fingerprint density at radius 3 is 2.57 bits per heavy atom. The number of likely N-dealkylation sites (tertiary alicyclic amines) is 1. The molecule has 1 aromatic carbocycles. The lowest BCUT2D eigenvalue weighted by atomic mass is 10.0. The van der Waals surface area contributed by atoms with E-state index in [1.807, 2.05) is 30.3 Å². The van der Waals surface area contributed by atoms with Gasteiger partial charge >= 0.3 is 5.97 Å². The fraction of sp³-hybridized carbons (Fsp3) is 0.500. The van der Waals surface area contributed by atoms with Gasteiger partial charge in [0.15, 0.2) is 5.96 Å². The van der Waals surface area contributed by atoms with Crippen molar-refractivity contribution in [2.45, 2.75) is 50.2 Å². The standard InChI is InChI=1S/C20H30N6O4/c21-14(12-13-6-2-1-3-7-13)18(28)26-11-5-9-16(26)17(27)25-15(19(29)30)8-4-10-24-20(22)23/h1-3,6-7,14-16H,4-5,8-12,21H2,(H,25,27)(H,29,30)(H4,22,23,24)/t14?,15-,16+/m1/s1. The predicted octanol–water partition coefficient (Wildman–Crippen LogP) is -0.830. The highest BCUT2D eigenvalue weighted by Crippen LogP contribution is 2.19. The molecule has 10 heteroatoms. The minimum absolute atomic E-state index is 0.0714. The Labute approximate surface area is 175 Å². The molecule has 0 spiro atoms. The van der Waals surface area contributed by atoms with Crippen LogP contribution < -0.4 is 22.5 Å². The molecule has 1 heterocycles. The molecule has 10 nitrogen and oxygen atoms in total. The van der Waals surface area contributed by atoms with Crippen molar-refractivity contribution in [2.75, 3.05) is 13.1 Å². The first-order valence-electron chi connectivity index (χ1n) is 9.98. The highest BCUT2D eigenvalue weighted by molar-refractivity contribution is 5.92. The number of carboxylic acids is 1. The number of rotatable bonds is 10. The maximum atomic E-state index is 12.8. The highest BCUT2D eigenvalue weighted by Gasteiger charge is 2.37. The van der Waals surface area contributed by atoms with E-state index in [0.29, 0.717) is 32.2 Å². The Bertz CT molecular complexity index is 766. The number of guanidine groups is 1. The lowest BCUT2D eigenvalue weighted by Gasteiger charge is -2.27. The van der Waals surface area contributed by atoms with Gasteiger partial charge in [-0.25, -0.2) is 4.79 Å². The monoisotopic (exact) mass is 418 g/mol. The van der Waals surface area contributed by atoms with Gasteiger partial charge < -0.3 is 32.5 Å². The zero-order valence-electron chi connectivity index (χ0n) is 16.9. The summed E-state index contributed by atoms with van der Waals surface area (Å²) in [6, 6.07) is 6.84. The molecule has 0 aromatic heterocycles. The molecule has 164 valence electrons. The zero-order valence-corrected chi connectivity index (χ0v) is 16.9. The van der Waals surface area contributed by atoms with E-state index >= 15 is 0 Å². The van der Waals surface area contributed by atoms with Crippen LogP contribution in [-0.2, 0) is 20.8 Å². The summed E-state index contributed by atoms with van der Waals surface area (Å²) in [6.07, 6.45) is 2.06. The second-order valence-corrected chi connectivity index (χ2v) is 7.33. The Balaban J connectivity index is 1.95. The molecule has 3 atom stereocenters. The average Bonchev–Trinajstić information content (AvgIpc) is 3.19. The van der Waals surface area contributed by atoms with E-state index in [1.54, 1.807) is 0 Å². The summed E-state index contributed by atoms with van der Waals surface area (Å²) in [5.74, 6) is -2.01. The lowest BCUT2D eigenvalue weighted by Crippen LogP contribution is -2.54. The number of amides is 2. The predicted molar refractivity (Wildman–Crippen MR) is 112 cm³/mol. The quantitative estimate of drug-likeness (QED) is 0.187. The number of aliphatic carboxylic acids is 1.